The molecule has 1 aromatic carbocycles. The number of hydrogen-bond acceptors (Lipinski definition) is 3. The first-order valence-corrected chi connectivity index (χ1v) is 6.49. The van der Waals surface area contributed by atoms with E-state index in [0.29, 0.717) is 6.42 Å². The Morgan fingerprint density at radius 3 is 2.53 bits per heavy atom. The molecule has 0 saturated heterocycles. The third kappa shape index (κ3) is 4.72. The summed E-state index contributed by atoms with van der Waals surface area (Å²) >= 11 is 0. The zero-order valence-corrected chi connectivity index (χ0v) is 11.5. The van der Waals surface area contributed by atoms with Gasteiger partial charge in [0.05, 0.1) is 12.0 Å². The Morgan fingerprint density at radius 2 is 2.05 bits per heavy atom. The van der Waals surface area contributed by atoms with Crippen LogP contribution in [-0.4, -0.2) is 29.1 Å². The molecule has 0 heterocycles. The predicted octanol–water partition coefficient (Wildman–Crippen LogP) is 2.61. The predicted molar refractivity (Wildman–Crippen MR) is 73.7 cm³/mol. The lowest BCUT2D eigenvalue weighted by atomic mass is 10.00. The third-order valence-electron chi connectivity index (χ3n) is 3.24. The normalized spacial score (nSPS) is 12.1. The second kappa shape index (κ2) is 7.55. The zero-order valence-electron chi connectivity index (χ0n) is 11.5. The van der Waals surface area contributed by atoms with Crippen molar-refractivity contribution in [2.24, 2.45) is 0 Å². The molecular weight excluding hydrogens is 240 g/mol. The van der Waals surface area contributed by atoms with E-state index in [0.717, 1.165) is 30.8 Å². The maximum absolute atomic E-state index is 10.9. The summed E-state index contributed by atoms with van der Waals surface area (Å²) in [6.45, 7) is 6.20. The molecule has 0 aliphatic heterocycles. The Labute approximate surface area is 114 Å². The van der Waals surface area contributed by atoms with Gasteiger partial charge in [0.25, 0.3) is 0 Å². The average molecular weight is 260 g/mol. The first-order valence-electron chi connectivity index (χ1n) is 6.49. The van der Waals surface area contributed by atoms with Gasteiger partial charge in [0.15, 0.2) is 0 Å². The molecule has 1 unspecified atom stereocenters. The molecule has 0 saturated carbocycles. The van der Waals surface area contributed by atoms with Crippen LogP contribution in [0, 0.1) is 11.3 Å². The van der Waals surface area contributed by atoms with Crippen LogP contribution in [0.1, 0.15) is 37.3 Å². The number of hydrogen-bond donors (Lipinski definition) is 1. The summed E-state index contributed by atoms with van der Waals surface area (Å²) in [7, 11) is 0. The minimum Gasteiger partial charge on any atom is -0.481 e. The first-order chi connectivity index (χ1) is 9.08. The molecule has 0 amide bonds. The Morgan fingerprint density at radius 1 is 1.42 bits per heavy atom. The van der Waals surface area contributed by atoms with Crippen LogP contribution < -0.4 is 0 Å². The van der Waals surface area contributed by atoms with E-state index in [9.17, 15) is 4.79 Å². The van der Waals surface area contributed by atoms with Crippen molar-refractivity contribution in [1.82, 2.24) is 4.90 Å². The van der Waals surface area contributed by atoms with E-state index >= 15 is 0 Å². The van der Waals surface area contributed by atoms with E-state index in [1.54, 1.807) is 6.92 Å². The van der Waals surface area contributed by atoms with Gasteiger partial charge >= 0.3 is 5.97 Å². The van der Waals surface area contributed by atoms with Crippen LogP contribution >= 0.6 is 0 Å². The number of carbonyl (C=O) groups is 1. The number of nitrogens with zero attached hydrogens (tertiary/aromatic N) is 2. The highest BCUT2D eigenvalue weighted by Crippen LogP contribution is 2.16. The monoisotopic (exact) mass is 260 g/mol. The SMILES string of the molecule is CCN(CCC#N)Cc1ccc(C(C)C(=O)O)cc1. The van der Waals surface area contributed by atoms with Gasteiger partial charge in [-0.05, 0) is 24.6 Å². The fourth-order valence-corrected chi connectivity index (χ4v) is 1.87. The van der Waals surface area contributed by atoms with Crippen LogP contribution in [0.15, 0.2) is 24.3 Å². The molecule has 0 aliphatic rings. The van der Waals surface area contributed by atoms with Crippen LogP contribution in [0.2, 0.25) is 0 Å². The molecule has 1 aromatic rings. The van der Waals surface area contributed by atoms with Crippen molar-refractivity contribution in [2.45, 2.75) is 32.7 Å². The smallest absolute Gasteiger partial charge is 0.310 e. The summed E-state index contributed by atoms with van der Waals surface area (Å²) in [4.78, 5) is 13.1. The number of carboxylic acid groups (broad SMARTS) is 1. The highest BCUT2D eigenvalue weighted by Gasteiger charge is 2.13. The first kappa shape index (κ1) is 15.2. The molecule has 0 fully saturated rings. The Bertz CT molecular complexity index is 448. The highest BCUT2D eigenvalue weighted by atomic mass is 16.4. The lowest BCUT2D eigenvalue weighted by Crippen LogP contribution is -2.23. The second-order valence-electron chi connectivity index (χ2n) is 4.58. The van der Waals surface area contributed by atoms with Crippen molar-refractivity contribution in [3.05, 3.63) is 35.4 Å². The standard InChI is InChI=1S/C15H20N2O2/c1-3-17(10-4-9-16)11-13-5-7-14(8-6-13)12(2)15(18)19/h5-8,12H,3-4,10-11H2,1-2H3,(H,18,19). The number of carboxylic acids is 1. The summed E-state index contributed by atoms with van der Waals surface area (Å²) < 4.78 is 0. The molecule has 0 aliphatic carbocycles. The molecule has 1 atom stereocenters. The van der Waals surface area contributed by atoms with Crippen molar-refractivity contribution in [3.63, 3.8) is 0 Å². The maximum atomic E-state index is 10.9. The fraction of sp³-hybridized carbons (Fsp3) is 0.467. The van der Waals surface area contributed by atoms with Crippen molar-refractivity contribution in [3.8, 4) is 6.07 Å². The topological polar surface area (TPSA) is 64.3 Å². The van der Waals surface area contributed by atoms with Crippen molar-refractivity contribution >= 4 is 5.97 Å². The zero-order chi connectivity index (χ0) is 14.3. The van der Waals surface area contributed by atoms with Gasteiger partial charge in [0.2, 0.25) is 0 Å². The number of benzene rings is 1. The van der Waals surface area contributed by atoms with E-state index < -0.39 is 11.9 Å². The van der Waals surface area contributed by atoms with Gasteiger partial charge in [-0.1, -0.05) is 31.2 Å². The highest BCUT2D eigenvalue weighted by molar-refractivity contribution is 5.75. The molecule has 0 bridgehead atoms. The van der Waals surface area contributed by atoms with Crippen molar-refractivity contribution in [2.75, 3.05) is 13.1 Å². The number of rotatable bonds is 7. The summed E-state index contributed by atoms with van der Waals surface area (Å²) in [5.74, 6) is -1.29. The number of nitriles is 1. The van der Waals surface area contributed by atoms with Crippen molar-refractivity contribution < 1.29 is 9.90 Å². The van der Waals surface area contributed by atoms with Crippen LogP contribution in [0.3, 0.4) is 0 Å². The quantitative estimate of drug-likeness (QED) is 0.818. The van der Waals surface area contributed by atoms with Crippen LogP contribution in [0.5, 0.6) is 0 Å². The largest absolute Gasteiger partial charge is 0.481 e. The molecule has 0 aromatic heterocycles. The summed E-state index contributed by atoms with van der Waals surface area (Å²) in [5, 5.41) is 17.5. The molecule has 102 valence electrons. The van der Waals surface area contributed by atoms with Crippen LogP contribution in [0.25, 0.3) is 0 Å². The minimum absolute atomic E-state index is 0.477. The lowest BCUT2D eigenvalue weighted by molar-refractivity contribution is -0.138. The van der Waals surface area contributed by atoms with Gasteiger partial charge in [-0.2, -0.15) is 5.26 Å². The second-order valence-corrected chi connectivity index (χ2v) is 4.58. The molecule has 4 heteroatoms. The van der Waals surface area contributed by atoms with E-state index in [4.69, 9.17) is 10.4 Å². The summed E-state index contributed by atoms with van der Waals surface area (Å²) in [6.07, 6.45) is 0.530. The van der Waals surface area contributed by atoms with E-state index in [1.807, 2.05) is 24.3 Å². The van der Waals surface area contributed by atoms with Gasteiger partial charge in [0, 0.05) is 19.5 Å². The fourth-order valence-electron chi connectivity index (χ4n) is 1.87. The number of aliphatic carboxylic acids is 1. The van der Waals surface area contributed by atoms with Gasteiger partial charge in [-0.15, -0.1) is 0 Å². The minimum atomic E-state index is -0.808. The molecule has 0 radical (unpaired) electrons. The van der Waals surface area contributed by atoms with Crippen molar-refractivity contribution in [1.29, 1.82) is 5.26 Å². The van der Waals surface area contributed by atoms with Gasteiger partial charge in [-0.25, -0.2) is 0 Å². The van der Waals surface area contributed by atoms with E-state index in [-0.39, 0.29) is 0 Å². The molecule has 4 nitrogen and oxygen atoms in total. The van der Waals surface area contributed by atoms with Gasteiger partial charge < -0.3 is 5.11 Å². The summed E-state index contributed by atoms with van der Waals surface area (Å²) in [6, 6.07) is 9.81. The Balaban J connectivity index is 2.66. The van der Waals surface area contributed by atoms with Crippen LogP contribution in [-0.2, 0) is 11.3 Å². The van der Waals surface area contributed by atoms with E-state index in [2.05, 4.69) is 17.9 Å². The average Bonchev–Trinajstić information content (AvgIpc) is 2.43. The van der Waals surface area contributed by atoms with E-state index in [1.165, 1.54) is 0 Å². The molecule has 19 heavy (non-hydrogen) atoms. The Kier molecular flexibility index (Phi) is 6.04. The van der Waals surface area contributed by atoms with Crippen LogP contribution in [0.4, 0.5) is 0 Å². The molecular formula is C15H20N2O2. The van der Waals surface area contributed by atoms with Gasteiger partial charge in [-0.3, -0.25) is 9.69 Å². The lowest BCUT2D eigenvalue weighted by Gasteiger charge is -2.19. The molecule has 1 rings (SSSR count). The van der Waals surface area contributed by atoms with Gasteiger partial charge in [0.1, 0.15) is 0 Å². The molecule has 1 N–H and O–H groups in total. The summed E-state index contributed by atoms with van der Waals surface area (Å²) in [5.41, 5.74) is 1.96. The maximum Gasteiger partial charge on any atom is 0.310 e. The third-order valence-corrected chi connectivity index (χ3v) is 3.24. The Hall–Kier alpha value is -1.86. The molecule has 0 spiro atoms.